The Morgan fingerprint density at radius 1 is 1.21 bits per heavy atom. The maximum Gasteiger partial charge on any atom is 0.0576 e. The van der Waals surface area contributed by atoms with Crippen molar-refractivity contribution in [1.82, 2.24) is 0 Å². The van der Waals surface area contributed by atoms with Crippen LogP contribution in [0.15, 0.2) is 18.2 Å². The molecular formula is C17H28N2. The van der Waals surface area contributed by atoms with E-state index in [-0.39, 0.29) is 0 Å². The number of aryl methyl sites for hydroxylation is 1. The number of nitrogens with two attached hydrogens (primary N) is 1. The first-order valence-corrected chi connectivity index (χ1v) is 7.59. The molecule has 1 aliphatic carbocycles. The van der Waals surface area contributed by atoms with E-state index in [1.807, 2.05) is 6.07 Å². The lowest BCUT2D eigenvalue weighted by molar-refractivity contribution is 0.172. The number of anilines is 2. The molecular weight excluding hydrogens is 232 g/mol. The van der Waals surface area contributed by atoms with Crippen LogP contribution in [0.25, 0.3) is 0 Å². The highest BCUT2D eigenvalue weighted by atomic mass is 14.9. The maximum absolute atomic E-state index is 6.03. The molecule has 1 fully saturated rings. The molecule has 2 nitrogen and oxygen atoms in total. The first-order valence-electron chi connectivity index (χ1n) is 7.59. The summed E-state index contributed by atoms with van der Waals surface area (Å²) in [6.45, 7) is 7.90. The number of benzene rings is 1. The molecule has 2 rings (SSSR count). The Hall–Kier alpha value is -1.18. The van der Waals surface area contributed by atoms with E-state index in [4.69, 9.17) is 5.73 Å². The first-order chi connectivity index (χ1) is 8.99. The van der Waals surface area contributed by atoms with E-state index in [0.29, 0.717) is 5.41 Å². The summed E-state index contributed by atoms with van der Waals surface area (Å²) in [6, 6.07) is 6.20. The standard InChI is InChI=1S/C17H28N2/c1-13-9-10-15(18)16(11-13)19-12-17(2,3)14-7-5-4-6-8-14/h9-11,14,19H,4-8,12,18H2,1-3H3. The highest BCUT2D eigenvalue weighted by Crippen LogP contribution is 2.38. The van der Waals surface area contributed by atoms with Gasteiger partial charge in [-0.3, -0.25) is 0 Å². The number of nitrogen functional groups attached to an aromatic ring is 1. The number of rotatable bonds is 4. The van der Waals surface area contributed by atoms with Gasteiger partial charge in [-0.2, -0.15) is 0 Å². The van der Waals surface area contributed by atoms with E-state index < -0.39 is 0 Å². The molecule has 1 aromatic rings. The average molecular weight is 260 g/mol. The molecule has 0 unspecified atom stereocenters. The molecule has 0 atom stereocenters. The van der Waals surface area contributed by atoms with Gasteiger partial charge in [-0.25, -0.2) is 0 Å². The number of hydrogen-bond donors (Lipinski definition) is 2. The largest absolute Gasteiger partial charge is 0.397 e. The highest BCUT2D eigenvalue weighted by molar-refractivity contribution is 5.66. The van der Waals surface area contributed by atoms with Crippen LogP contribution in [0.2, 0.25) is 0 Å². The van der Waals surface area contributed by atoms with Crippen LogP contribution in [0.5, 0.6) is 0 Å². The molecule has 2 heteroatoms. The van der Waals surface area contributed by atoms with Crippen molar-refractivity contribution in [3.63, 3.8) is 0 Å². The van der Waals surface area contributed by atoms with Crippen LogP contribution in [-0.4, -0.2) is 6.54 Å². The van der Waals surface area contributed by atoms with E-state index >= 15 is 0 Å². The van der Waals surface area contributed by atoms with Gasteiger partial charge in [0.15, 0.2) is 0 Å². The Morgan fingerprint density at radius 2 is 1.89 bits per heavy atom. The molecule has 0 radical (unpaired) electrons. The van der Waals surface area contributed by atoms with Crippen LogP contribution in [0.1, 0.15) is 51.5 Å². The van der Waals surface area contributed by atoms with Gasteiger partial charge in [-0.1, -0.05) is 39.2 Å². The number of nitrogens with one attached hydrogen (secondary N) is 1. The van der Waals surface area contributed by atoms with E-state index in [1.165, 1.54) is 37.7 Å². The molecule has 1 aromatic carbocycles. The molecule has 3 N–H and O–H groups in total. The minimum atomic E-state index is 0.344. The normalized spacial score (nSPS) is 17.4. The fourth-order valence-electron chi connectivity index (χ4n) is 3.17. The lowest BCUT2D eigenvalue weighted by Gasteiger charge is -2.37. The monoisotopic (exact) mass is 260 g/mol. The quantitative estimate of drug-likeness (QED) is 0.777. The zero-order valence-electron chi connectivity index (χ0n) is 12.6. The van der Waals surface area contributed by atoms with Gasteiger partial charge in [0.2, 0.25) is 0 Å². The van der Waals surface area contributed by atoms with Crippen molar-refractivity contribution >= 4 is 11.4 Å². The van der Waals surface area contributed by atoms with E-state index in [0.717, 1.165) is 23.8 Å². The molecule has 0 saturated heterocycles. The number of hydrogen-bond acceptors (Lipinski definition) is 2. The molecule has 1 aliphatic rings. The van der Waals surface area contributed by atoms with Gasteiger partial charge >= 0.3 is 0 Å². The average Bonchev–Trinajstić information content (AvgIpc) is 2.41. The van der Waals surface area contributed by atoms with Gasteiger partial charge in [0.1, 0.15) is 0 Å². The van der Waals surface area contributed by atoms with Crippen molar-refractivity contribution in [1.29, 1.82) is 0 Å². The summed E-state index contributed by atoms with van der Waals surface area (Å²) in [4.78, 5) is 0. The van der Waals surface area contributed by atoms with Crippen molar-refractivity contribution in [3.05, 3.63) is 23.8 Å². The molecule has 0 aromatic heterocycles. The first kappa shape index (κ1) is 14.2. The molecule has 19 heavy (non-hydrogen) atoms. The van der Waals surface area contributed by atoms with Gasteiger partial charge in [0, 0.05) is 6.54 Å². The van der Waals surface area contributed by atoms with Crippen LogP contribution in [0.4, 0.5) is 11.4 Å². The zero-order valence-corrected chi connectivity index (χ0v) is 12.6. The summed E-state index contributed by atoms with van der Waals surface area (Å²) >= 11 is 0. The van der Waals surface area contributed by atoms with Crippen LogP contribution >= 0.6 is 0 Å². The van der Waals surface area contributed by atoms with Crippen molar-refractivity contribution in [3.8, 4) is 0 Å². The lowest BCUT2D eigenvalue weighted by atomic mass is 9.71. The van der Waals surface area contributed by atoms with Gasteiger partial charge < -0.3 is 11.1 Å². The van der Waals surface area contributed by atoms with Crippen LogP contribution in [0.3, 0.4) is 0 Å². The third-order valence-electron chi connectivity index (χ3n) is 4.65. The summed E-state index contributed by atoms with van der Waals surface area (Å²) in [5.41, 5.74) is 9.57. The van der Waals surface area contributed by atoms with Crippen LogP contribution < -0.4 is 11.1 Å². The highest BCUT2D eigenvalue weighted by Gasteiger charge is 2.30. The van der Waals surface area contributed by atoms with Crippen molar-refractivity contribution in [2.24, 2.45) is 11.3 Å². The van der Waals surface area contributed by atoms with E-state index in [1.54, 1.807) is 0 Å². The van der Waals surface area contributed by atoms with Gasteiger partial charge in [0.05, 0.1) is 11.4 Å². The smallest absolute Gasteiger partial charge is 0.0576 e. The Kier molecular flexibility index (Phi) is 4.38. The van der Waals surface area contributed by atoms with Crippen LogP contribution in [0, 0.1) is 18.3 Å². The fourth-order valence-corrected chi connectivity index (χ4v) is 3.17. The SMILES string of the molecule is Cc1ccc(N)c(NCC(C)(C)C2CCCCC2)c1. The Labute approximate surface area is 117 Å². The van der Waals surface area contributed by atoms with Gasteiger partial charge in [-0.15, -0.1) is 0 Å². The third kappa shape index (κ3) is 3.65. The lowest BCUT2D eigenvalue weighted by Crippen LogP contribution is -2.33. The second kappa shape index (κ2) is 5.85. The zero-order chi connectivity index (χ0) is 13.9. The van der Waals surface area contributed by atoms with Crippen molar-refractivity contribution in [2.45, 2.75) is 52.9 Å². The molecule has 0 amide bonds. The van der Waals surface area contributed by atoms with Crippen molar-refractivity contribution < 1.29 is 0 Å². The summed E-state index contributed by atoms with van der Waals surface area (Å²) < 4.78 is 0. The Morgan fingerprint density at radius 3 is 2.58 bits per heavy atom. The fraction of sp³-hybridized carbons (Fsp3) is 0.647. The second-order valence-corrected chi connectivity index (χ2v) is 6.77. The molecule has 0 aliphatic heterocycles. The molecule has 0 heterocycles. The minimum absolute atomic E-state index is 0.344. The summed E-state index contributed by atoms with van der Waals surface area (Å²) in [6.07, 6.45) is 7.00. The molecule has 0 bridgehead atoms. The third-order valence-corrected chi connectivity index (χ3v) is 4.65. The Bertz CT molecular complexity index is 417. The summed E-state index contributed by atoms with van der Waals surface area (Å²) in [7, 11) is 0. The molecule has 1 saturated carbocycles. The van der Waals surface area contributed by atoms with Crippen LogP contribution in [-0.2, 0) is 0 Å². The van der Waals surface area contributed by atoms with E-state index in [2.05, 4.69) is 38.2 Å². The summed E-state index contributed by atoms with van der Waals surface area (Å²) in [5, 5.41) is 3.57. The molecule has 106 valence electrons. The maximum atomic E-state index is 6.03. The van der Waals surface area contributed by atoms with Gasteiger partial charge in [0.25, 0.3) is 0 Å². The Balaban J connectivity index is 1.98. The predicted octanol–water partition coefficient (Wildman–Crippen LogP) is 4.60. The topological polar surface area (TPSA) is 38.0 Å². The molecule has 0 spiro atoms. The van der Waals surface area contributed by atoms with Crippen molar-refractivity contribution in [2.75, 3.05) is 17.6 Å². The van der Waals surface area contributed by atoms with Gasteiger partial charge in [-0.05, 0) is 48.8 Å². The van der Waals surface area contributed by atoms with E-state index in [9.17, 15) is 0 Å². The minimum Gasteiger partial charge on any atom is -0.397 e. The predicted molar refractivity (Wildman–Crippen MR) is 84.4 cm³/mol. The summed E-state index contributed by atoms with van der Waals surface area (Å²) in [5.74, 6) is 0.847. The second-order valence-electron chi connectivity index (χ2n) is 6.77.